The van der Waals surface area contributed by atoms with E-state index >= 15 is 0 Å². The summed E-state index contributed by atoms with van der Waals surface area (Å²) in [6.45, 7) is 8.37. The predicted octanol–water partition coefficient (Wildman–Crippen LogP) is 3.78. The highest BCUT2D eigenvalue weighted by molar-refractivity contribution is 5.63. The minimum Gasteiger partial charge on any atom is -0.313 e. The second kappa shape index (κ2) is 5.72. The first kappa shape index (κ1) is 12.0. The molecule has 1 aromatic carbocycles. The van der Waals surface area contributed by atoms with Crippen molar-refractivity contribution in [3.63, 3.8) is 0 Å². The second-order valence-corrected chi connectivity index (χ2v) is 3.83. The molecule has 15 heavy (non-hydrogen) atoms. The smallest absolute Gasteiger partial charge is 0.0314 e. The van der Waals surface area contributed by atoms with Gasteiger partial charge in [-0.15, -0.1) is 0 Å². The summed E-state index contributed by atoms with van der Waals surface area (Å²) in [5.74, 6) is 0. The summed E-state index contributed by atoms with van der Waals surface area (Å²) in [5, 5.41) is 3.31. The first-order chi connectivity index (χ1) is 7.22. The van der Waals surface area contributed by atoms with Gasteiger partial charge in [-0.1, -0.05) is 44.7 Å². The Morgan fingerprint density at radius 3 is 2.27 bits per heavy atom. The fraction of sp³-hybridized carbons (Fsp3) is 0.429. The molecule has 0 amide bonds. The fourth-order valence-corrected chi connectivity index (χ4v) is 1.76. The molecule has 1 N–H and O–H groups in total. The van der Waals surface area contributed by atoms with Crippen molar-refractivity contribution < 1.29 is 0 Å². The minimum atomic E-state index is 0.467. The van der Waals surface area contributed by atoms with E-state index in [-0.39, 0.29) is 0 Å². The van der Waals surface area contributed by atoms with Gasteiger partial charge in [-0.25, -0.2) is 0 Å². The van der Waals surface area contributed by atoms with Crippen LogP contribution in [0.2, 0.25) is 0 Å². The number of rotatable bonds is 5. The van der Waals surface area contributed by atoms with Crippen LogP contribution >= 0.6 is 0 Å². The largest absolute Gasteiger partial charge is 0.313 e. The van der Waals surface area contributed by atoms with Crippen molar-refractivity contribution in [1.29, 1.82) is 0 Å². The van der Waals surface area contributed by atoms with Gasteiger partial charge in [0.1, 0.15) is 0 Å². The van der Waals surface area contributed by atoms with E-state index < -0.39 is 0 Å². The Bertz CT molecular complexity index is 307. The lowest BCUT2D eigenvalue weighted by atomic mass is 9.99. The van der Waals surface area contributed by atoms with Gasteiger partial charge < -0.3 is 5.32 Å². The topological polar surface area (TPSA) is 12.0 Å². The first-order valence-corrected chi connectivity index (χ1v) is 5.68. The molecule has 1 aromatic rings. The number of hydrogen-bond donors (Lipinski definition) is 1. The van der Waals surface area contributed by atoms with Crippen LogP contribution in [0.25, 0.3) is 5.57 Å². The minimum absolute atomic E-state index is 0.467. The summed E-state index contributed by atoms with van der Waals surface area (Å²) >= 11 is 0. The van der Waals surface area contributed by atoms with Gasteiger partial charge in [-0.3, -0.25) is 0 Å². The third kappa shape index (κ3) is 2.93. The molecule has 1 rings (SSSR count). The van der Waals surface area contributed by atoms with E-state index in [1.165, 1.54) is 16.7 Å². The van der Waals surface area contributed by atoms with Crippen molar-refractivity contribution in [3.8, 4) is 0 Å². The van der Waals surface area contributed by atoms with Gasteiger partial charge in [-0.05, 0) is 36.6 Å². The first-order valence-electron chi connectivity index (χ1n) is 5.68. The summed E-state index contributed by atoms with van der Waals surface area (Å²) in [5.41, 5.74) is 3.82. The average Bonchev–Trinajstić information content (AvgIpc) is 2.30. The van der Waals surface area contributed by atoms with Crippen LogP contribution in [0.15, 0.2) is 30.8 Å². The van der Waals surface area contributed by atoms with Crippen molar-refractivity contribution in [2.45, 2.75) is 32.7 Å². The molecule has 0 fully saturated rings. The quantitative estimate of drug-likeness (QED) is 0.768. The lowest BCUT2D eigenvalue weighted by Crippen LogP contribution is -2.14. The van der Waals surface area contributed by atoms with E-state index in [4.69, 9.17) is 0 Å². The Hall–Kier alpha value is -1.08. The van der Waals surface area contributed by atoms with Crippen LogP contribution in [0.4, 0.5) is 0 Å². The Kier molecular flexibility index (Phi) is 4.57. The Morgan fingerprint density at radius 2 is 1.87 bits per heavy atom. The molecule has 82 valence electrons. The van der Waals surface area contributed by atoms with Gasteiger partial charge >= 0.3 is 0 Å². The highest BCUT2D eigenvalue weighted by atomic mass is 14.9. The summed E-state index contributed by atoms with van der Waals surface area (Å²) in [6.07, 6.45) is 2.13. The average molecular weight is 203 g/mol. The lowest BCUT2D eigenvalue weighted by Gasteiger charge is -2.14. The Morgan fingerprint density at radius 1 is 1.27 bits per heavy atom. The van der Waals surface area contributed by atoms with Crippen LogP contribution in [-0.2, 0) is 0 Å². The summed E-state index contributed by atoms with van der Waals surface area (Å²) in [6, 6.07) is 9.19. The monoisotopic (exact) mass is 203 g/mol. The Labute approximate surface area is 93.2 Å². The number of nitrogens with one attached hydrogen (secondary N) is 1. The molecular formula is C14H21N. The third-order valence-corrected chi connectivity index (χ3v) is 2.90. The van der Waals surface area contributed by atoms with Gasteiger partial charge in [-0.2, -0.15) is 0 Å². The maximum Gasteiger partial charge on any atom is 0.0314 e. The predicted molar refractivity (Wildman–Crippen MR) is 67.9 cm³/mol. The standard InChI is InChI=1S/C14H21N/c1-5-11(3)12-7-9-13(10-8-12)14(6-2)15-4/h7-10,14-15H,3,5-6H2,1-2,4H3/t14-/m0/s1. The zero-order chi connectivity index (χ0) is 11.3. The fourth-order valence-electron chi connectivity index (χ4n) is 1.76. The van der Waals surface area contributed by atoms with Crippen molar-refractivity contribution >= 4 is 5.57 Å². The van der Waals surface area contributed by atoms with Crippen LogP contribution in [0.1, 0.15) is 43.9 Å². The molecule has 1 nitrogen and oxygen atoms in total. The highest BCUT2D eigenvalue weighted by Crippen LogP contribution is 2.20. The van der Waals surface area contributed by atoms with Gasteiger partial charge in [0.2, 0.25) is 0 Å². The number of benzene rings is 1. The van der Waals surface area contributed by atoms with E-state index in [1.54, 1.807) is 0 Å². The zero-order valence-corrected chi connectivity index (χ0v) is 10.0. The van der Waals surface area contributed by atoms with E-state index in [0.29, 0.717) is 6.04 Å². The Balaban J connectivity index is 2.84. The summed E-state index contributed by atoms with van der Waals surface area (Å²) < 4.78 is 0. The molecule has 0 saturated heterocycles. The molecule has 0 unspecified atom stereocenters. The van der Waals surface area contributed by atoms with Crippen LogP contribution in [0.3, 0.4) is 0 Å². The highest BCUT2D eigenvalue weighted by Gasteiger charge is 2.05. The normalized spacial score (nSPS) is 12.5. The molecule has 0 spiro atoms. The SMILES string of the molecule is C=C(CC)c1ccc([C@H](CC)NC)cc1. The van der Waals surface area contributed by atoms with E-state index in [0.717, 1.165) is 12.8 Å². The van der Waals surface area contributed by atoms with Crippen LogP contribution < -0.4 is 5.32 Å². The van der Waals surface area contributed by atoms with Gasteiger partial charge in [0.25, 0.3) is 0 Å². The maximum atomic E-state index is 4.04. The summed E-state index contributed by atoms with van der Waals surface area (Å²) in [4.78, 5) is 0. The van der Waals surface area contributed by atoms with Crippen molar-refractivity contribution in [3.05, 3.63) is 42.0 Å². The van der Waals surface area contributed by atoms with Crippen LogP contribution in [-0.4, -0.2) is 7.05 Å². The zero-order valence-electron chi connectivity index (χ0n) is 10.0. The maximum absolute atomic E-state index is 4.04. The molecule has 0 aliphatic heterocycles. The van der Waals surface area contributed by atoms with E-state index in [9.17, 15) is 0 Å². The second-order valence-electron chi connectivity index (χ2n) is 3.83. The van der Waals surface area contributed by atoms with Crippen LogP contribution in [0, 0.1) is 0 Å². The molecule has 1 heteroatoms. The van der Waals surface area contributed by atoms with Gasteiger partial charge in [0, 0.05) is 6.04 Å². The molecule has 0 bridgehead atoms. The number of hydrogen-bond acceptors (Lipinski definition) is 1. The molecule has 0 aliphatic rings. The third-order valence-electron chi connectivity index (χ3n) is 2.90. The molecule has 0 heterocycles. The van der Waals surface area contributed by atoms with Gasteiger partial charge in [0.15, 0.2) is 0 Å². The summed E-state index contributed by atoms with van der Waals surface area (Å²) in [7, 11) is 2.01. The molecule has 0 aliphatic carbocycles. The van der Waals surface area contributed by atoms with Crippen molar-refractivity contribution in [1.82, 2.24) is 5.32 Å². The van der Waals surface area contributed by atoms with Crippen LogP contribution in [0.5, 0.6) is 0 Å². The van der Waals surface area contributed by atoms with Crippen molar-refractivity contribution in [2.24, 2.45) is 0 Å². The van der Waals surface area contributed by atoms with E-state index in [1.807, 2.05) is 7.05 Å². The van der Waals surface area contributed by atoms with Crippen molar-refractivity contribution in [2.75, 3.05) is 7.05 Å². The lowest BCUT2D eigenvalue weighted by molar-refractivity contribution is 0.577. The van der Waals surface area contributed by atoms with Gasteiger partial charge in [0.05, 0.1) is 0 Å². The molecule has 0 radical (unpaired) electrons. The molecule has 0 saturated carbocycles. The van der Waals surface area contributed by atoms with E-state index in [2.05, 4.69) is 50.0 Å². The molecule has 1 atom stereocenters. The number of allylic oxidation sites excluding steroid dienone is 1. The molecule has 0 aromatic heterocycles. The molecular weight excluding hydrogens is 182 g/mol.